The Morgan fingerprint density at radius 1 is 1.29 bits per heavy atom. The van der Waals surface area contributed by atoms with Gasteiger partial charge in [-0.2, -0.15) is 0 Å². The molecule has 0 aliphatic heterocycles. The summed E-state index contributed by atoms with van der Waals surface area (Å²) in [6, 6.07) is 5.05. The molecule has 1 aromatic carbocycles. The Balaban J connectivity index is 1.66. The molecule has 21 heavy (non-hydrogen) atoms. The van der Waals surface area contributed by atoms with Gasteiger partial charge in [-0.15, -0.1) is 0 Å². The van der Waals surface area contributed by atoms with Crippen LogP contribution in [0.15, 0.2) is 23.1 Å². The van der Waals surface area contributed by atoms with Crippen molar-refractivity contribution in [3.05, 3.63) is 18.2 Å². The fourth-order valence-electron chi connectivity index (χ4n) is 3.89. The van der Waals surface area contributed by atoms with Crippen LogP contribution in [0.2, 0.25) is 0 Å². The highest BCUT2D eigenvalue weighted by molar-refractivity contribution is 7.89. The Kier molecular flexibility index (Phi) is 3.84. The van der Waals surface area contributed by atoms with E-state index < -0.39 is 10.0 Å². The van der Waals surface area contributed by atoms with Crippen LogP contribution in [0.3, 0.4) is 0 Å². The number of nitrogens with one attached hydrogen (secondary N) is 2. The molecular weight excluding hydrogens is 286 g/mol. The van der Waals surface area contributed by atoms with Crippen LogP contribution in [0.5, 0.6) is 0 Å². The second kappa shape index (κ2) is 5.50. The second-order valence-corrected chi connectivity index (χ2v) is 8.13. The summed E-state index contributed by atoms with van der Waals surface area (Å²) in [5.74, 6) is 2.57. The van der Waals surface area contributed by atoms with Crippen LogP contribution in [0.4, 0.5) is 11.4 Å². The highest BCUT2D eigenvalue weighted by Crippen LogP contribution is 2.48. The van der Waals surface area contributed by atoms with E-state index in [2.05, 4.69) is 10.0 Å². The Morgan fingerprint density at radius 3 is 2.67 bits per heavy atom. The molecule has 0 aromatic heterocycles. The average Bonchev–Trinajstić information content (AvgIpc) is 3.07. The summed E-state index contributed by atoms with van der Waals surface area (Å²) in [5, 5.41) is 3.41. The molecule has 2 aliphatic carbocycles. The first-order valence-corrected chi connectivity index (χ1v) is 9.05. The topological polar surface area (TPSA) is 84.2 Å². The second-order valence-electron chi connectivity index (χ2n) is 6.28. The normalized spacial score (nSPS) is 28.0. The average molecular weight is 309 g/mol. The minimum atomic E-state index is -3.49. The van der Waals surface area contributed by atoms with Crippen LogP contribution in [0, 0.1) is 17.8 Å². The van der Waals surface area contributed by atoms with Crippen molar-refractivity contribution in [2.45, 2.75) is 30.6 Å². The van der Waals surface area contributed by atoms with Crippen molar-refractivity contribution in [2.24, 2.45) is 17.8 Å². The van der Waals surface area contributed by atoms with Gasteiger partial charge >= 0.3 is 0 Å². The molecule has 3 unspecified atom stereocenters. The van der Waals surface area contributed by atoms with Crippen LogP contribution in [0.25, 0.3) is 0 Å². The summed E-state index contributed by atoms with van der Waals surface area (Å²) in [6.45, 7) is 0.957. The number of anilines is 2. The van der Waals surface area contributed by atoms with Crippen molar-refractivity contribution in [1.82, 2.24) is 4.72 Å². The quantitative estimate of drug-likeness (QED) is 0.727. The lowest BCUT2D eigenvalue weighted by Crippen LogP contribution is -2.21. The lowest BCUT2D eigenvalue weighted by molar-refractivity contribution is 0.348. The number of nitrogens with two attached hydrogens (primary N) is 1. The van der Waals surface area contributed by atoms with Gasteiger partial charge in [0.15, 0.2) is 0 Å². The first-order valence-electron chi connectivity index (χ1n) is 7.56. The molecule has 2 fully saturated rings. The summed E-state index contributed by atoms with van der Waals surface area (Å²) >= 11 is 0. The fraction of sp³-hybridized carbons (Fsp3) is 0.600. The molecule has 2 saturated carbocycles. The van der Waals surface area contributed by atoms with Gasteiger partial charge in [-0.3, -0.25) is 0 Å². The van der Waals surface area contributed by atoms with E-state index in [0.29, 0.717) is 0 Å². The molecule has 0 amide bonds. The Bertz CT molecular complexity index is 630. The molecular formula is C15H23N3O2S. The van der Waals surface area contributed by atoms with Gasteiger partial charge in [-0.05, 0) is 62.3 Å². The van der Waals surface area contributed by atoms with E-state index in [4.69, 9.17) is 5.73 Å². The van der Waals surface area contributed by atoms with Crippen molar-refractivity contribution in [1.29, 1.82) is 0 Å². The van der Waals surface area contributed by atoms with Gasteiger partial charge in [0.1, 0.15) is 4.90 Å². The predicted octanol–water partition coefficient (Wildman–Crippen LogP) is 2.02. The molecule has 0 saturated heterocycles. The van der Waals surface area contributed by atoms with E-state index in [1.165, 1.54) is 32.7 Å². The van der Waals surface area contributed by atoms with Gasteiger partial charge in [-0.1, -0.05) is 6.42 Å². The number of fused-ring (bicyclic) bond motifs is 2. The first-order chi connectivity index (χ1) is 9.99. The Morgan fingerprint density at radius 2 is 2.10 bits per heavy atom. The third kappa shape index (κ3) is 2.87. The van der Waals surface area contributed by atoms with Crippen LogP contribution < -0.4 is 15.8 Å². The van der Waals surface area contributed by atoms with E-state index in [0.717, 1.165) is 30.0 Å². The van der Waals surface area contributed by atoms with Gasteiger partial charge < -0.3 is 11.1 Å². The zero-order chi connectivity index (χ0) is 15.0. The van der Waals surface area contributed by atoms with Crippen molar-refractivity contribution >= 4 is 21.4 Å². The zero-order valence-corrected chi connectivity index (χ0v) is 13.1. The predicted molar refractivity (Wildman–Crippen MR) is 84.5 cm³/mol. The SMILES string of the molecule is CNS(=O)(=O)c1ccc(NCC2CC3CCC2C3)cc1N. The standard InChI is InChI=1S/C15H23N3O2S/c1-17-21(19,20)15-5-4-13(8-14(15)16)18-9-12-7-10-2-3-11(12)6-10/h4-5,8,10-12,17-18H,2-3,6-7,9,16H2,1H3. The summed E-state index contributed by atoms with van der Waals surface area (Å²) in [5.41, 5.74) is 7.04. The van der Waals surface area contributed by atoms with Gasteiger partial charge in [0, 0.05) is 12.2 Å². The highest BCUT2D eigenvalue weighted by atomic mass is 32.2. The van der Waals surface area contributed by atoms with Crippen LogP contribution in [0.1, 0.15) is 25.7 Å². The van der Waals surface area contributed by atoms with Gasteiger partial charge in [0.25, 0.3) is 0 Å². The van der Waals surface area contributed by atoms with E-state index >= 15 is 0 Å². The molecule has 4 N–H and O–H groups in total. The molecule has 2 bridgehead atoms. The lowest BCUT2D eigenvalue weighted by atomic mass is 9.89. The number of nitrogen functional groups attached to an aromatic ring is 1. The minimum absolute atomic E-state index is 0.135. The van der Waals surface area contributed by atoms with Crippen molar-refractivity contribution in [2.75, 3.05) is 24.6 Å². The number of hydrogen-bond donors (Lipinski definition) is 3. The van der Waals surface area contributed by atoms with Gasteiger partial charge in [-0.25, -0.2) is 13.1 Å². The first kappa shape index (κ1) is 14.7. The number of benzene rings is 1. The molecule has 2 aliphatic rings. The smallest absolute Gasteiger partial charge is 0.242 e. The molecule has 116 valence electrons. The summed E-state index contributed by atoms with van der Waals surface area (Å²) in [7, 11) is -2.10. The van der Waals surface area contributed by atoms with Crippen molar-refractivity contribution in [3.63, 3.8) is 0 Å². The molecule has 3 rings (SSSR count). The van der Waals surface area contributed by atoms with E-state index in [9.17, 15) is 8.42 Å². The maximum atomic E-state index is 11.8. The van der Waals surface area contributed by atoms with Gasteiger partial charge in [0.2, 0.25) is 10.0 Å². The monoisotopic (exact) mass is 309 g/mol. The minimum Gasteiger partial charge on any atom is -0.398 e. The maximum absolute atomic E-state index is 11.8. The number of sulfonamides is 1. The third-order valence-electron chi connectivity index (χ3n) is 5.02. The highest BCUT2D eigenvalue weighted by Gasteiger charge is 2.39. The van der Waals surface area contributed by atoms with Crippen LogP contribution in [-0.2, 0) is 10.0 Å². The number of rotatable bonds is 5. The maximum Gasteiger partial charge on any atom is 0.242 e. The Hall–Kier alpha value is -1.27. The van der Waals surface area contributed by atoms with Crippen molar-refractivity contribution in [3.8, 4) is 0 Å². The lowest BCUT2D eigenvalue weighted by Gasteiger charge is -2.22. The molecule has 6 heteroatoms. The molecule has 1 aromatic rings. The zero-order valence-electron chi connectivity index (χ0n) is 12.3. The van der Waals surface area contributed by atoms with Crippen molar-refractivity contribution < 1.29 is 8.42 Å². The summed E-state index contributed by atoms with van der Waals surface area (Å²) in [6.07, 6.45) is 5.51. The van der Waals surface area contributed by atoms with Crippen LogP contribution in [-0.4, -0.2) is 22.0 Å². The fourth-order valence-corrected chi connectivity index (χ4v) is 4.72. The number of hydrogen-bond acceptors (Lipinski definition) is 4. The largest absolute Gasteiger partial charge is 0.398 e. The van der Waals surface area contributed by atoms with E-state index in [-0.39, 0.29) is 10.6 Å². The Labute approximate surface area is 126 Å². The summed E-state index contributed by atoms with van der Waals surface area (Å²) < 4.78 is 25.8. The molecule has 0 heterocycles. The molecule has 3 atom stereocenters. The van der Waals surface area contributed by atoms with E-state index in [1.807, 2.05) is 0 Å². The van der Waals surface area contributed by atoms with E-state index in [1.54, 1.807) is 18.2 Å². The van der Waals surface area contributed by atoms with Gasteiger partial charge in [0.05, 0.1) is 5.69 Å². The third-order valence-corrected chi connectivity index (χ3v) is 6.51. The molecule has 5 nitrogen and oxygen atoms in total. The summed E-state index contributed by atoms with van der Waals surface area (Å²) in [4.78, 5) is 0.135. The van der Waals surface area contributed by atoms with Crippen LogP contribution >= 0.6 is 0 Å². The molecule has 0 spiro atoms. The molecule has 0 radical (unpaired) electrons.